The molecule has 0 unspecified atom stereocenters. The molecule has 0 aliphatic heterocycles. The Morgan fingerprint density at radius 3 is 2.86 bits per heavy atom. The third kappa shape index (κ3) is 2.55. The van der Waals surface area contributed by atoms with Gasteiger partial charge in [0.25, 0.3) is 10.0 Å². The number of pyridine rings is 1. The van der Waals surface area contributed by atoms with E-state index in [1.165, 1.54) is 12.4 Å². The number of aromatic amines is 1. The first kappa shape index (κ1) is 13.8. The van der Waals surface area contributed by atoms with Crippen molar-refractivity contribution in [2.24, 2.45) is 0 Å². The van der Waals surface area contributed by atoms with Gasteiger partial charge < -0.3 is 0 Å². The van der Waals surface area contributed by atoms with Gasteiger partial charge in [-0.2, -0.15) is 10.1 Å². The van der Waals surface area contributed by atoms with Crippen LogP contribution in [0.4, 0.5) is 5.95 Å². The molecule has 21 heavy (non-hydrogen) atoms. The van der Waals surface area contributed by atoms with Gasteiger partial charge in [0.15, 0.2) is 0 Å². The third-order valence-corrected chi connectivity index (χ3v) is 4.63. The highest BCUT2D eigenvalue weighted by molar-refractivity contribution is 7.93. The maximum absolute atomic E-state index is 12.4. The highest BCUT2D eigenvalue weighted by Gasteiger charge is 2.20. The van der Waals surface area contributed by atoms with E-state index in [1.54, 1.807) is 18.2 Å². The molecule has 108 valence electrons. The molecule has 0 atom stereocenters. The number of nitrogens with one attached hydrogen (secondary N) is 2. The monoisotopic (exact) mass is 323 g/mol. The summed E-state index contributed by atoms with van der Waals surface area (Å²) in [4.78, 5) is 7.93. The smallest absolute Gasteiger partial charge is 0.248 e. The van der Waals surface area contributed by atoms with Gasteiger partial charge in [-0.05, 0) is 24.6 Å². The maximum atomic E-state index is 12.4. The number of hydrogen-bond donors (Lipinski definition) is 2. The van der Waals surface area contributed by atoms with E-state index in [4.69, 9.17) is 11.6 Å². The van der Waals surface area contributed by atoms with Gasteiger partial charge in [-0.15, -0.1) is 0 Å². The normalized spacial score (nSPS) is 11.7. The number of para-hydroxylation sites is 1. The van der Waals surface area contributed by atoms with Gasteiger partial charge in [0.2, 0.25) is 5.95 Å². The van der Waals surface area contributed by atoms with Gasteiger partial charge in [0.1, 0.15) is 16.4 Å². The zero-order valence-corrected chi connectivity index (χ0v) is 12.4. The molecule has 1 aromatic carbocycles. The Morgan fingerprint density at radius 2 is 2.14 bits per heavy atom. The molecule has 0 saturated carbocycles. The van der Waals surface area contributed by atoms with Crippen LogP contribution in [0.25, 0.3) is 10.9 Å². The highest BCUT2D eigenvalue weighted by Crippen LogP contribution is 2.26. The summed E-state index contributed by atoms with van der Waals surface area (Å²) in [6.45, 7) is 1.81. The van der Waals surface area contributed by atoms with Crippen molar-refractivity contribution in [2.75, 3.05) is 4.72 Å². The van der Waals surface area contributed by atoms with Crippen molar-refractivity contribution in [1.82, 2.24) is 20.2 Å². The number of benzene rings is 1. The van der Waals surface area contributed by atoms with Gasteiger partial charge in [0, 0.05) is 5.39 Å². The van der Waals surface area contributed by atoms with Crippen molar-refractivity contribution >= 4 is 38.5 Å². The second-order valence-electron chi connectivity index (χ2n) is 4.36. The molecule has 3 aromatic rings. The van der Waals surface area contributed by atoms with Crippen LogP contribution in [-0.2, 0) is 10.0 Å². The summed E-state index contributed by atoms with van der Waals surface area (Å²) in [5.41, 5.74) is 1.09. The number of anilines is 1. The molecule has 0 fully saturated rings. The Hall–Kier alpha value is -2.19. The Labute approximate surface area is 125 Å². The fourth-order valence-corrected chi connectivity index (χ4v) is 3.19. The van der Waals surface area contributed by atoms with E-state index in [-0.39, 0.29) is 16.0 Å². The predicted molar refractivity (Wildman–Crippen MR) is 78.7 cm³/mol. The molecule has 2 aromatic heterocycles. The van der Waals surface area contributed by atoms with Crippen LogP contribution in [0, 0.1) is 6.92 Å². The molecule has 0 bridgehead atoms. The summed E-state index contributed by atoms with van der Waals surface area (Å²) < 4.78 is 27.2. The summed E-state index contributed by atoms with van der Waals surface area (Å²) in [5.74, 6) is 0.0326. The molecule has 0 saturated heterocycles. The van der Waals surface area contributed by atoms with Crippen LogP contribution in [-0.4, -0.2) is 28.6 Å². The first-order chi connectivity index (χ1) is 9.97. The van der Waals surface area contributed by atoms with Gasteiger partial charge >= 0.3 is 0 Å². The minimum atomic E-state index is -3.84. The topological polar surface area (TPSA) is 101 Å². The van der Waals surface area contributed by atoms with E-state index in [2.05, 4.69) is 24.9 Å². The number of halogens is 1. The number of H-pyrrole nitrogens is 1. The third-order valence-electron chi connectivity index (χ3n) is 2.87. The molecule has 0 aliphatic carbocycles. The minimum absolute atomic E-state index is 0.0262. The highest BCUT2D eigenvalue weighted by atomic mass is 35.5. The molecule has 2 heterocycles. The lowest BCUT2D eigenvalue weighted by Crippen LogP contribution is -2.14. The Kier molecular flexibility index (Phi) is 3.26. The zero-order chi connectivity index (χ0) is 15.0. The first-order valence-corrected chi connectivity index (χ1v) is 7.77. The summed E-state index contributed by atoms with van der Waals surface area (Å²) >= 11 is 6.00. The van der Waals surface area contributed by atoms with Crippen molar-refractivity contribution in [3.8, 4) is 0 Å². The van der Waals surface area contributed by atoms with Crippen LogP contribution in [0.3, 0.4) is 0 Å². The summed E-state index contributed by atoms with van der Waals surface area (Å²) in [6, 6.07) is 6.67. The molecule has 0 spiro atoms. The van der Waals surface area contributed by atoms with Crippen LogP contribution < -0.4 is 4.72 Å². The van der Waals surface area contributed by atoms with Crippen LogP contribution in [0.15, 0.2) is 35.5 Å². The molecular weight excluding hydrogens is 314 g/mol. The number of rotatable bonds is 3. The lowest BCUT2D eigenvalue weighted by atomic mass is 10.2. The van der Waals surface area contributed by atoms with Crippen molar-refractivity contribution in [2.45, 2.75) is 11.8 Å². The molecule has 0 amide bonds. The largest absolute Gasteiger partial charge is 0.266 e. The Balaban J connectivity index is 2.18. The molecule has 9 heteroatoms. The lowest BCUT2D eigenvalue weighted by Gasteiger charge is -2.09. The lowest BCUT2D eigenvalue weighted by molar-refractivity contribution is 0.601. The number of aromatic nitrogens is 4. The van der Waals surface area contributed by atoms with E-state index in [0.717, 1.165) is 5.56 Å². The maximum Gasteiger partial charge on any atom is 0.266 e. The standard InChI is InChI=1S/C12H10ClN5O2S/c1-7-5-8-3-2-4-9(10(8)16-11(7)13)21(19,20)18-12-14-6-15-17-12/h2-6H,1H3,(H2,14,15,17,18). The van der Waals surface area contributed by atoms with E-state index in [0.29, 0.717) is 10.9 Å². The van der Waals surface area contributed by atoms with Crippen molar-refractivity contribution < 1.29 is 8.42 Å². The fourth-order valence-electron chi connectivity index (χ4n) is 1.91. The van der Waals surface area contributed by atoms with Crippen LogP contribution >= 0.6 is 11.6 Å². The number of sulfonamides is 1. The Morgan fingerprint density at radius 1 is 1.33 bits per heavy atom. The number of nitrogens with zero attached hydrogens (tertiary/aromatic N) is 3. The van der Waals surface area contributed by atoms with Crippen molar-refractivity contribution in [1.29, 1.82) is 0 Å². The van der Waals surface area contributed by atoms with Crippen LogP contribution in [0.5, 0.6) is 0 Å². The average molecular weight is 324 g/mol. The van der Waals surface area contributed by atoms with Crippen molar-refractivity contribution in [3.63, 3.8) is 0 Å². The van der Waals surface area contributed by atoms with Crippen molar-refractivity contribution in [3.05, 3.63) is 41.3 Å². The van der Waals surface area contributed by atoms with Gasteiger partial charge in [-0.25, -0.2) is 23.2 Å². The quantitative estimate of drug-likeness (QED) is 0.719. The van der Waals surface area contributed by atoms with Crippen LogP contribution in [0.1, 0.15) is 5.56 Å². The minimum Gasteiger partial charge on any atom is -0.248 e. The average Bonchev–Trinajstić information content (AvgIpc) is 2.91. The van der Waals surface area contributed by atoms with E-state index < -0.39 is 10.0 Å². The summed E-state index contributed by atoms with van der Waals surface area (Å²) in [6.07, 6.45) is 1.21. The number of aryl methyl sites for hydroxylation is 1. The molecular formula is C12H10ClN5O2S. The zero-order valence-electron chi connectivity index (χ0n) is 10.8. The molecule has 3 rings (SSSR count). The number of hydrogen-bond acceptors (Lipinski definition) is 5. The van der Waals surface area contributed by atoms with Gasteiger partial charge in [-0.1, -0.05) is 23.7 Å². The first-order valence-electron chi connectivity index (χ1n) is 5.91. The van der Waals surface area contributed by atoms with Crippen LogP contribution in [0.2, 0.25) is 5.15 Å². The molecule has 0 aliphatic rings. The fraction of sp³-hybridized carbons (Fsp3) is 0.0833. The molecule has 7 nitrogen and oxygen atoms in total. The van der Waals surface area contributed by atoms with E-state index >= 15 is 0 Å². The summed E-state index contributed by atoms with van der Waals surface area (Å²) in [5, 5.41) is 6.98. The Bertz CT molecular complexity index is 909. The van der Waals surface area contributed by atoms with Gasteiger partial charge in [-0.3, -0.25) is 0 Å². The number of fused-ring (bicyclic) bond motifs is 1. The summed E-state index contributed by atoms with van der Waals surface area (Å²) in [7, 11) is -3.84. The predicted octanol–water partition coefficient (Wildman–Crippen LogP) is 2.12. The van der Waals surface area contributed by atoms with E-state index in [1.807, 2.05) is 6.92 Å². The second kappa shape index (κ2) is 4.97. The second-order valence-corrected chi connectivity index (χ2v) is 6.37. The SMILES string of the molecule is Cc1cc2cccc(S(=O)(=O)Nc3ncn[nH]3)c2nc1Cl. The van der Waals surface area contributed by atoms with E-state index in [9.17, 15) is 8.42 Å². The molecule has 2 N–H and O–H groups in total. The van der Waals surface area contributed by atoms with Gasteiger partial charge in [0.05, 0.1) is 5.52 Å². The molecule has 0 radical (unpaired) electrons.